The second kappa shape index (κ2) is 4.51. The van der Waals surface area contributed by atoms with Gasteiger partial charge in [0.1, 0.15) is 7.38 Å². The van der Waals surface area contributed by atoms with E-state index in [0.29, 0.717) is 0 Å². The van der Waals surface area contributed by atoms with Gasteiger partial charge in [0.15, 0.2) is 0 Å². The molecule has 0 rings (SSSR count). The molecule has 5 heteroatoms. The van der Waals surface area contributed by atoms with Gasteiger partial charge in [0, 0.05) is 0 Å². The molecule has 0 aliphatic heterocycles. The van der Waals surface area contributed by atoms with Crippen molar-refractivity contribution in [3.8, 4) is 0 Å². The van der Waals surface area contributed by atoms with Crippen LogP contribution in [-0.4, -0.2) is 14.1 Å². The quantitative estimate of drug-likeness (QED) is 0.513. The molecule has 0 atom stereocenters. The van der Waals surface area contributed by atoms with Crippen LogP contribution in [0.25, 0.3) is 0 Å². The summed E-state index contributed by atoms with van der Waals surface area (Å²) < 4.78 is 0. The Bertz CT molecular complexity index is 119. The van der Waals surface area contributed by atoms with Crippen LogP contribution in [0.2, 0.25) is 31.2 Å². The van der Waals surface area contributed by atoms with Gasteiger partial charge in [0.25, 0.3) is 6.69 Å². The molecular weight excluding hydrogens is 235 g/mol. The minimum absolute atomic E-state index is 0.928. The van der Waals surface area contributed by atoms with E-state index in [-0.39, 0.29) is 0 Å². The summed E-state index contributed by atoms with van der Waals surface area (Å²) in [6.45, 7) is 4.41. The monoisotopic (exact) mass is 248 g/mol. The smallest absolute Gasteiger partial charge is 0.168 e. The minimum Gasteiger partial charge on any atom is -0.168 e. The normalized spacial score (nSPS) is 13.6. The molecule has 0 heterocycles. The van der Waals surface area contributed by atoms with Crippen LogP contribution >= 0.6 is 33.2 Å². The molecule has 68 valence electrons. The lowest BCUT2D eigenvalue weighted by Gasteiger charge is -2.18. The predicted octanol–water partition coefficient (Wildman–Crippen LogP) is 4.37. The van der Waals surface area contributed by atoms with Crippen LogP contribution < -0.4 is 0 Å². The van der Waals surface area contributed by atoms with E-state index in [9.17, 15) is 0 Å². The van der Waals surface area contributed by atoms with E-state index in [0.717, 1.165) is 18.1 Å². The first-order valence-electron chi connectivity index (χ1n) is 3.83. The fourth-order valence-electron chi connectivity index (χ4n) is 0.657. The zero-order valence-electron chi connectivity index (χ0n) is 7.26. The first kappa shape index (κ1) is 12.3. The van der Waals surface area contributed by atoms with Crippen LogP contribution in [0.4, 0.5) is 0 Å². The van der Waals surface area contributed by atoms with E-state index in [1.54, 1.807) is 0 Å². The lowest BCUT2D eigenvalue weighted by atomic mass is 10.9. The Labute approximate surface area is 85.4 Å². The van der Waals surface area contributed by atoms with E-state index < -0.39 is 14.1 Å². The summed E-state index contributed by atoms with van der Waals surface area (Å²) >= 11 is 18.3. The second-order valence-corrected chi connectivity index (χ2v) is 18.3. The van der Waals surface area contributed by atoms with Crippen LogP contribution in [-0.2, 0) is 0 Å². The highest BCUT2D eigenvalue weighted by Crippen LogP contribution is 2.30. The molecule has 0 aromatic carbocycles. The van der Waals surface area contributed by atoms with Crippen molar-refractivity contribution in [3.63, 3.8) is 0 Å². The van der Waals surface area contributed by atoms with E-state index in [1.807, 2.05) is 0 Å². The summed E-state index contributed by atoms with van der Waals surface area (Å²) in [5.41, 5.74) is 0. The molecule has 0 aliphatic rings. The number of halogens is 3. The van der Waals surface area contributed by atoms with Crippen LogP contribution in [0, 0.1) is 0 Å². The molecule has 0 aliphatic carbocycles. The maximum Gasteiger partial charge on any atom is 0.250 e. The first-order valence-corrected chi connectivity index (χ1v) is 12.5. The van der Waals surface area contributed by atoms with Gasteiger partial charge in [-0.15, -0.1) is 22.2 Å². The summed E-state index contributed by atoms with van der Waals surface area (Å²) in [5, 5.41) is 0. The molecule has 11 heavy (non-hydrogen) atoms. The highest BCUT2D eigenvalue weighted by molar-refractivity contribution is 7.45. The fraction of sp³-hybridized carbons (Fsp3) is 1.00. The Morgan fingerprint density at radius 1 is 1.00 bits per heavy atom. The molecule has 0 radical (unpaired) electrons. The van der Waals surface area contributed by atoms with Gasteiger partial charge in [-0.25, -0.2) is 0 Å². The van der Waals surface area contributed by atoms with Crippen molar-refractivity contribution < 1.29 is 0 Å². The molecule has 0 unspecified atom stereocenters. The van der Waals surface area contributed by atoms with Crippen molar-refractivity contribution in [3.05, 3.63) is 0 Å². The summed E-state index contributed by atoms with van der Waals surface area (Å²) in [5.74, 6) is 0. The fourth-order valence-corrected chi connectivity index (χ4v) is 7.40. The van der Waals surface area contributed by atoms with Crippen molar-refractivity contribution in [1.82, 2.24) is 0 Å². The van der Waals surface area contributed by atoms with Crippen LogP contribution in [0.15, 0.2) is 0 Å². The van der Waals surface area contributed by atoms with Gasteiger partial charge in [-0.1, -0.05) is 20.0 Å². The average molecular weight is 250 g/mol. The van der Waals surface area contributed by atoms with Gasteiger partial charge >= 0.3 is 0 Å². The highest BCUT2D eigenvalue weighted by Gasteiger charge is 2.29. The van der Waals surface area contributed by atoms with E-state index in [4.69, 9.17) is 33.2 Å². The molecule has 0 saturated carbocycles. The van der Waals surface area contributed by atoms with E-state index in [1.165, 1.54) is 0 Å². The molecule has 0 aromatic heterocycles. The van der Waals surface area contributed by atoms with Crippen molar-refractivity contribution in [2.75, 3.05) is 0 Å². The Morgan fingerprint density at radius 3 is 1.73 bits per heavy atom. The molecule has 0 nitrogen and oxygen atoms in total. The highest BCUT2D eigenvalue weighted by atomic mass is 35.7. The average Bonchev–Trinajstić information content (AvgIpc) is 1.83. The molecule has 0 saturated heterocycles. The minimum atomic E-state index is -1.89. The summed E-state index contributed by atoms with van der Waals surface area (Å²) in [7, 11) is -1.45. The van der Waals surface area contributed by atoms with Crippen LogP contribution in [0.3, 0.4) is 0 Å². The van der Waals surface area contributed by atoms with Crippen molar-refractivity contribution in [2.24, 2.45) is 0 Å². The zero-order chi connectivity index (χ0) is 9.12. The third-order valence-corrected chi connectivity index (χ3v) is 8.86. The lowest BCUT2D eigenvalue weighted by Crippen LogP contribution is -2.24. The van der Waals surface area contributed by atoms with Crippen LogP contribution in [0.5, 0.6) is 0 Å². The Hall–Kier alpha value is 1.30. The Morgan fingerprint density at radius 2 is 1.45 bits per heavy atom. The standard InChI is InChI=1S/C6H15Cl3Si2/c1-4-11(8,9)6-5-10(2,3)7/h4-6H2,1-3H3. The van der Waals surface area contributed by atoms with Gasteiger partial charge in [0.2, 0.25) is 0 Å². The third kappa shape index (κ3) is 7.66. The summed E-state index contributed by atoms with van der Waals surface area (Å²) in [6, 6.07) is 2.93. The lowest BCUT2D eigenvalue weighted by molar-refractivity contribution is 1.29. The van der Waals surface area contributed by atoms with E-state index in [2.05, 4.69) is 20.0 Å². The molecule has 0 amide bonds. The van der Waals surface area contributed by atoms with Gasteiger partial charge in [-0.2, -0.15) is 11.1 Å². The predicted molar refractivity (Wildman–Crippen MR) is 60.9 cm³/mol. The second-order valence-electron chi connectivity index (χ2n) is 3.43. The van der Waals surface area contributed by atoms with Crippen molar-refractivity contribution >= 4 is 47.3 Å². The zero-order valence-corrected chi connectivity index (χ0v) is 11.5. The molecule has 0 fully saturated rings. The van der Waals surface area contributed by atoms with Gasteiger partial charge in [-0.05, 0) is 18.1 Å². The molecule has 0 spiro atoms. The van der Waals surface area contributed by atoms with Crippen molar-refractivity contribution in [1.29, 1.82) is 0 Å². The van der Waals surface area contributed by atoms with Gasteiger partial charge in [-0.3, -0.25) is 0 Å². The Balaban J connectivity index is 3.70. The van der Waals surface area contributed by atoms with Gasteiger partial charge in [0.05, 0.1) is 0 Å². The maximum atomic E-state index is 6.14. The first-order chi connectivity index (χ1) is 4.77. The maximum absolute atomic E-state index is 6.14. The molecule has 0 bridgehead atoms. The SMILES string of the molecule is CC[Si](Cl)(Cl)CC[Si](C)(C)Cl. The molecule has 0 N–H and O–H groups in total. The summed E-state index contributed by atoms with van der Waals surface area (Å²) in [4.78, 5) is 0. The topological polar surface area (TPSA) is 0 Å². The number of hydrogen-bond donors (Lipinski definition) is 0. The largest absolute Gasteiger partial charge is 0.250 e. The third-order valence-electron chi connectivity index (χ3n) is 1.60. The Kier molecular flexibility index (Phi) is 5.05. The van der Waals surface area contributed by atoms with Gasteiger partial charge < -0.3 is 0 Å². The molecular formula is C6H15Cl3Si2. The molecule has 0 aromatic rings. The number of hydrogen-bond acceptors (Lipinski definition) is 0. The van der Waals surface area contributed by atoms with Crippen molar-refractivity contribution in [2.45, 2.75) is 38.2 Å². The summed E-state index contributed by atoms with van der Waals surface area (Å²) in [6.07, 6.45) is 0. The number of rotatable bonds is 4. The van der Waals surface area contributed by atoms with E-state index >= 15 is 0 Å². The van der Waals surface area contributed by atoms with Crippen LogP contribution in [0.1, 0.15) is 6.92 Å².